The highest BCUT2D eigenvalue weighted by molar-refractivity contribution is 5.93. The molecule has 1 fully saturated rings. The molecule has 3 nitrogen and oxygen atoms in total. The van der Waals surface area contributed by atoms with Gasteiger partial charge < -0.3 is 9.84 Å². The molecular formula is C32H48O3. The van der Waals surface area contributed by atoms with Gasteiger partial charge in [0.25, 0.3) is 0 Å². The summed E-state index contributed by atoms with van der Waals surface area (Å²) in [7, 11) is 0. The van der Waals surface area contributed by atoms with Crippen LogP contribution in [0, 0.1) is 0 Å². The lowest BCUT2D eigenvalue weighted by molar-refractivity contribution is -0.122. The van der Waals surface area contributed by atoms with Crippen molar-refractivity contribution in [3.8, 4) is 5.75 Å². The molecule has 0 saturated heterocycles. The predicted molar refractivity (Wildman–Crippen MR) is 148 cm³/mol. The Kier molecular flexibility index (Phi) is 12.0. The van der Waals surface area contributed by atoms with Gasteiger partial charge in [-0.15, -0.1) is 0 Å². The van der Waals surface area contributed by atoms with Crippen molar-refractivity contribution >= 4 is 5.78 Å². The lowest BCUT2D eigenvalue weighted by atomic mass is 9.74. The molecule has 1 N–H and O–H groups in total. The number of allylic oxidation sites excluding steroid dienone is 6. The van der Waals surface area contributed by atoms with Crippen LogP contribution in [0.5, 0.6) is 5.75 Å². The van der Waals surface area contributed by atoms with Gasteiger partial charge in [0.05, 0.1) is 11.5 Å². The van der Waals surface area contributed by atoms with E-state index >= 15 is 0 Å². The van der Waals surface area contributed by atoms with Crippen molar-refractivity contribution in [3.05, 3.63) is 64.3 Å². The van der Waals surface area contributed by atoms with Gasteiger partial charge in [-0.3, -0.25) is 4.79 Å². The lowest BCUT2D eigenvalue weighted by Crippen LogP contribution is -2.31. The summed E-state index contributed by atoms with van der Waals surface area (Å²) in [5.74, 6) is 1.18. The van der Waals surface area contributed by atoms with Crippen LogP contribution in [0.15, 0.2) is 53.1 Å². The maximum Gasteiger partial charge on any atom is 0.143 e. The first-order valence-electron chi connectivity index (χ1n) is 13.6. The number of aryl methyl sites for hydroxylation is 1. The number of carbonyl (C=O) groups excluding carboxylic acids is 1. The van der Waals surface area contributed by atoms with Gasteiger partial charge in [0.15, 0.2) is 0 Å². The molecule has 1 aliphatic carbocycles. The minimum atomic E-state index is -0.489. The average Bonchev–Trinajstić information content (AvgIpc) is 3.16. The highest BCUT2D eigenvalue weighted by atomic mass is 16.5. The van der Waals surface area contributed by atoms with Gasteiger partial charge >= 0.3 is 0 Å². The molecule has 1 saturated carbocycles. The highest BCUT2D eigenvalue weighted by Gasteiger charge is 2.44. The Morgan fingerprint density at radius 2 is 1.74 bits per heavy atom. The van der Waals surface area contributed by atoms with Crippen molar-refractivity contribution in [1.82, 2.24) is 0 Å². The summed E-state index contributed by atoms with van der Waals surface area (Å²) < 4.78 is 6.25. The van der Waals surface area contributed by atoms with Crippen molar-refractivity contribution < 1.29 is 14.6 Å². The zero-order valence-corrected chi connectivity index (χ0v) is 23.1. The molecule has 1 atom stereocenters. The number of hydrogen-bond donors (Lipinski definition) is 1. The van der Waals surface area contributed by atoms with Crippen LogP contribution in [-0.2, 0) is 16.6 Å². The predicted octanol–water partition coefficient (Wildman–Crippen LogP) is 8.20. The molecule has 35 heavy (non-hydrogen) atoms. The molecular weight excluding hydrogens is 432 g/mol. The van der Waals surface area contributed by atoms with Crippen LogP contribution in [0.2, 0.25) is 0 Å². The van der Waals surface area contributed by atoms with Gasteiger partial charge in [0, 0.05) is 18.6 Å². The number of ether oxygens (including phenoxy) is 1. The fraction of sp³-hybridized carbons (Fsp3) is 0.594. The molecule has 0 heterocycles. The van der Waals surface area contributed by atoms with Crippen molar-refractivity contribution in [3.63, 3.8) is 0 Å². The first-order chi connectivity index (χ1) is 16.7. The Balaban J connectivity index is 2.18. The topological polar surface area (TPSA) is 46.5 Å². The molecule has 0 aliphatic heterocycles. The monoisotopic (exact) mass is 480 g/mol. The number of rotatable bonds is 14. The molecule has 1 unspecified atom stereocenters. The Morgan fingerprint density at radius 3 is 2.34 bits per heavy atom. The van der Waals surface area contributed by atoms with E-state index in [0.717, 1.165) is 74.7 Å². The number of ketones is 1. The number of hydrogen-bond acceptors (Lipinski definition) is 3. The van der Waals surface area contributed by atoms with E-state index in [9.17, 15) is 9.90 Å². The molecule has 1 aliphatic rings. The number of benzene rings is 1. The summed E-state index contributed by atoms with van der Waals surface area (Å²) >= 11 is 0. The van der Waals surface area contributed by atoms with Gasteiger partial charge in [0.2, 0.25) is 0 Å². The number of aliphatic hydroxyl groups excluding tert-OH is 1. The highest BCUT2D eigenvalue weighted by Crippen LogP contribution is 2.46. The summed E-state index contributed by atoms with van der Waals surface area (Å²) in [5, 5.41) is 9.23. The lowest BCUT2D eigenvalue weighted by Gasteiger charge is -2.30. The van der Waals surface area contributed by atoms with Gasteiger partial charge in [-0.25, -0.2) is 0 Å². The Labute approximate surface area is 214 Å². The second kappa shape index (κ2) is 14.4. The van der Waals surface area contributed by atoms with Crippen LogP contribution in [0.25, 0.3) is 0 Å². The van der Waals surface area contributed by atoms with E-state index in [2.05, 4.69) is 64.1 Å². The van der Waals surface area contributed by atoms with Crippen LogP contribution in [0.3, 0.4) is 0 Å². The zero-order chi connectivity index (χ0) is 25.8. The standard InChI is InChI=1S/C32H48O3/c1-24(2)11-7-12-26(5)13-8-14-27(6)19-21-32(20-9-16-31(32)34)29-18-17-28(15-10-22-33)23-30(29)35-25(3)4/h11,13,17-19,23,25,33H,7-10,12,14-16,20-22H2,1-6H3/b26-13+,27-19+. The normalized spacial score (nSPS) is 18.9. The summed E-state index contributed by atoms with van der Waals surface area (Å²) in [6.45, 7) is 13.0. The van der Waals surface area contributed by atoms with Crippen molar-refractivity contribution in [2.45, 2.75) is 117 Å². The molecule has 1 aromatic rings. The summed E-state index contributed by atoms with van der Waals surface area (Å²) in [4.78, 5) is 13.3. The number of carbonyl (C=O) groups is 1. The van der Waals surface area contributed by atoms with Gasteiger partial charge in [-0.05, 0) is 111 Å². The third-order valence-electron chi connectivity index (χ3n) is 7.01. The van der Waals surface area contributed by atoms with Crippen LogP contribution >= 0.6 is 0 Å². The molecule has 0 amide bonds. The maximum atomic E-state index is 13.3. The minimum Gasteiger partial charge on any atom is -0.491 e. The first kappa shape index (κ1) is 29.1. The van der Waals surface area contributed by atoms with Gasteiger partial charge in [-0.2, -0.15) is 0 Å². The average molecular weight is 481 g/mol. The number of aliphatic hydroxyl groups is 1. The zero-order valence-electron chi connectivity index (χ0n) is 23.1. The summed E-state index contributed by atoms with van der Waals surface area (Å²) in [6, 6.07) is 6.33. The maximum absolute atomic E-state index is 13.3. The van der Waals surface area contributed by atoms with E-state index < -0.39 is 5.41 Å². The SMILES string of the molecule is CC(C)=CCC/C(C)=C/CC/C(C)=C/CC1(c2ccc(CCCO)cc2OC(C)C)CCCC1=O. The van der Waals surface area contributed by atoms with Crippen molar-refractivity contribution in [1.29, 1.82) is 0 Å². The van der Waals surface area contributed by atoms with Crippen molar-refractivity contribution in [2.24, 2.45) is 0 Å². The van der Waals surface area contributed by atoms with Crippen LogP contribution < -0.4 is 4.74 Å². The number of Topliss-reactive ketones (excluding diaryl/α,β-unsaturated/α-hetero) is 1. The fourth-order valence-corrected chi connectivity index (χ4v) is 4.98. The van der Waals surface area contributed by atoms with E-state index in [1.165, 1.54) is 16.7 Å². The van der Waals surface area contributed by atoms with Gasteiger partial charge in [0.1, 0.15) is 11.5 Å². The summed E-state index contributed by atoms with van der Waals surface area (Å²) in [6.07, 6.45) is 16.1. The molecule has 194 valence electrons. The first-order valence-corrected chi connectivity index (χ1v) is 13.6. The fourth-order valence-electron chi connectivity index (χ4n) is 4.98. The third-order valence-corrected chi connectivity index (χ3v) is 7.01. The molecule has 2 rings (SSSR count). The molecule has 1 aromatic carbocycles. The largest absolute Gasteiger partial charge is 0.491 e. The molecule has 3 heteroatoms. The molecule has 0 bridgehead atoms. The van der Waals surface area contributed by atoms with E-state index in [-0.39, 0.29) is 12.7 Å². The Bertz CT molecular complexity index is 915. The Hall–Kier alpha value is -2.13. The minimum absolute atomic E-state index is 0.0411. The van der Waals surface area contributed by atoms with Crippen molar-refractivity contribution in [2.75, 3.05) is 6.61 Å². The molecule has 0 radical (unpaired) electrons. The van der Waals surface area contributed by atoms with E-state index in [4.69, 9.17) is 4.74 Å². The smallest absolute Gasteiger partial charge is 0.143 e. The van der Waals surface area contributed by atoms with E-state index in [1.54, 1.807) is 0 Å². The van der Waals surface area contributed by atoms with Crippen LogP contribution in [0.1, 0.15) is 110 Å². The third kappa shape index (κ3) is 9.11. The second-order valence-corrected chi connectivity index (χ2v) is 10.8. The van der Waals surface area contributed by atoms with Crippen LogP contribution in [0.4, 0.5) is 0 Å². The molecule has 0 aromatic heterocycles. The second-order valence-electron chi connectivity index (χ2n) is 10.8. The Morgan fingerprint density at radius 1 is 1.06 bits per heavy atom. The van der Waals surface area contributed by atoms with Gasteiger partial charge in [-0.1, -0.05) is 47.1 Å². The quantitative estimate of drug-likeness (QED) is 0.273. The molecule has 0 spiro atoms. The summed E-state index contributed by atoms with van der Waals surface area (Å²) in [5.41, 5.74) is 5.89. The van der Waals surface area contributed by atoms with E-state index in [1.807, 2.05) is 13.8 Å². The van der Waals surface area contributed by atoms with E-state index in [0.29, 0.717) is 12.2 Å². The van der Waals surface area contributed by atoms with Crippen LogP contribution in [-0.4, -0.2) is 23.6 Å².